The molecule has 22 heavy (non-hydrogen) atoms. The molecular formula is C17H20FNO3. The third kappa shape index (κ3) is 6.40. The SMILES string of the molecule is CCOC(=O)C[C@H](NC(C)=O)[C@H](F)C#Cc1ccc(C)cc1. The highest BCUT2D eigenvalue weighted by atomic mass is 19.1. The van der Waals surface area contributed by atoms with Gasteiger partial charge in [-0.3, -0.25) is 9.59 Å². The van der Waals surface area contributed by atoms with Crippen molar-refractivity contribution in [3.8, 4) is 11.8 Å². The Morgan fingerprint density at radius 1 is 1.32 bits per heavy atom. The molecule has 1 amide bonds. The zero-order valence-corrected chi connectivity index (χ0v) is 13.0. The number of carbonyl (C=O) groups excluding carboxylic acids is 2. The average Bonchev–Trinajstić information content (AvgIpc) is 2.45. The van der Waals surface area contributed by atoms with Crippen LogP contribution in [0.15, 0.2) is 24.3 Å². The van der Waals surface area contributed by atoms with E-state index in [1.54, 1.807) is 19.1 Å². The van der Waals surface area contributed by atoms with Crippen molar-refractivity contribution in [1.29, 1.82) is 0 Å². The number of esters is 1. The van der Waals surface area contributed by atoms with Crippen molar-refractivity contribution in [2.45, 2.75) is 39.4 Å². The summed E-state index contributed by atoms with van der Waals surface area (Å²) in [5.74, 6) is 4.14. The summed E-state index contributed by atoms with van der Waals surface area (Å²) in [4.78, 5) is 22.6. The van der Waals surface area contributed by atoms with Gasteiger partial charge in [-0.25, -0.2) is 4.39 Å². The van der Waals surface area contributed by atoms with E-state index in [0.717, 1.165) is 5.56 Å². The van der Waals surface area contributed by atoms with Crippen LogP contribution >= 0.6 is 0 Å². The Morgan fingerprint density at radius 3 is 2.50 bits per heavy atom. The second-order valence-electron chi connectivity index (χ2n) is 4.85. The molecule has 0 saturated heterocycles. The molecule has 0 saturated carbocycles. The number of halogens is 1. The van der Waals surface area contributed by atoms with Crippen molar-refractivity contribution in [2.24, 2.45) is 0 Å². The Labute approximate surface area is 130 Å². The largest absolute Gasteiger partial charge is 0.466 e. The first-order valence-corrected chi connectivity index (χ1v) is 7.07. The summed E-state index contributed by atoms with van der Waals surface area (Å²) < 4.78 is 19.0. The minimum absolute atomic E-state index is 0.206. The second-order valence-corrected chi connectivity index (χ2v) is 4.85. The zero-order chi connectivity index (χ0) is 16.5. The minimum atomic E-state index is -1.66. The van der Waals surface area contributed by atoms with Crippen LogP contribution in [0, 0.1) is 18.8 Å². The standard InChI is InChI=1S/C17H20FNO3/c1-4-22-17(21)11-16(19-13(3)20)15(18)10-9-14-7-5-12(2)6-8-14/h5-8,15-16H,4,11H2,1-3H3,(H,19,20)/t15-,16+/m1/s1. The van der Waals surface area contributed by atoms with Crippen LogP contribution < -0.4 is 5.32 Å². The number of benzene rings is 1. The summed E-state index contributed by atoms with van der Waals surface area (Å²) in [6.45, 7) is 5.08. The molecule has 118 valence electrons. The molecule has 0 aliphatic heterocycles. The number of carbonyl (C=O) groups is 2. The molecule has 1 aromatic rings. The third-order valence-corrected chi connectivity index (χ3v) is 2.84. The Kier molecular flexibility index (Phi) is 7.11. The van der Waals surface area contributed by atoms with E-state index >= 15 is 0 Å². The number of rotatable bonds is 5. The van der Waals surface area contributed by atoms with Crippen LogP contribution in [0.5, 0.6) is 0 Å². The molecule has 0 aliphatic rings. The molecule has 0 spiro atoms. The lowest BCUT2D eigenvalue weighted by molar-refractivity contribution is -0.144. The van der Waals surface area contributed by atoms with E-state index in [-0.39, 0.29) is 13.0 Å². The van der Waals surface area contributed by atoms with Gasteiger partial charge in [-0.05, 0) is 26.0 Å². The van der Waals surface area contributed by atoms with Crippen molar-refractivity contribution in [3.63, 3.8) is 0 Å². The van der Waals surface area contributed by atoms with Crippen LogP contribution in [0.3, 0.4) is 0 Å². The molecule has 0 radical (unpaired) electrons. The third-order valence-electron chi connectivity index (χ3n) is 2.84. The molecule has 1 rings (SSSR count). The first-order valence-electron chi connectivity index (χ1n) is 7.07. The van der Waals surface area contributed by atoms with Gasteiger partial charge in [-0.1, -0.05) is 29.5 Å². The monoisotopic (exact) mass is 305 g/mol. The fraction of sp³-hybridized carbons (Fsp3) is 0.412. The van der Waals surface area contributed by atoms with E-state index < -0.39 is 24.1 Å². The maximum absolute atomic E-state index is 14.2. The Balaban J connectivity index is 2.78. The molecule has 4 nitrogen and oxygen atoms in total. The molecular weight excluding hydrogens is 285 g/mol. The smallest absolute Gasteiger partial charge is 0.308 e. The van der Waals surface area contributed by atoms with Gasteiger partial charge in [-0.15, -0.1) is 0 Å². The summed E-state index contributed by atoms with van der Waals surface area (Å²) in [6.07, 6.45) is -1.91. The predicted molar refractivity (Wildman–Crippen MR) is 81.8 cm³/mol. The maximum Gasteiger partial charge on any atom is 0.308 e. The maximum atomic E-state index is 14.2. The fourth-order valence-corrected chi connectivity index (χ4v) is 1.78. The number of nitrogens with one attached hydrogen (secondary N) is 1. The molecule has 1 N–H and O–H groups in total. The van der Waals surface area contributed by atoms with Gasteiger partial charge in [0.25, 0.3) is 0 Å². The lowest BCUT2D eigenvalue weighted by Gasteiger charge is -2.17. The van der Waals surface area contributed by atoms with E-state index in [1.165, 1.54) is 6.92 Å². The van der Waals surface area contributed by atoms with E-state index in [2.05, 4.69) is 17.2 Å². The number of amides is 1. The van der Waals surface area contributed by atoms with Crippen molar-refractivity contribution in [1.82, 2.24) is 5.32 Å². The molecule has 0 heterocycles. The van der Waals surface area contributed by atoms with E-state index in [0.29, 0.717) is 5.56 Å². The molecule has 0 unspecified atom stereocenters. The van der Waals surface area contributed by atoms with Crippen LogP contribution in [-0.4, -0.2) is 30.7 Å². The van der Waals surface area contributed by atoms with Crippen LogP contribution in [0.25, 0.3) is 0 Å². The second kappa shape index (κ2) is 8.83. The Bertz CT molecular complexity index is 572. The zero-order valence-electron chi connectivity index (χ0n) is 13.0. The number of ether oxygens (including phenoxy) is 1. The molecule has 2 atom stereocenters. The molecule has 1 aromatic carbocycles. The van der Waals surface area contributed by atoms with Crippen LogP contribution in [0.1, 0.15) is 31.4 Å². The van der Waals surface area contributed by atoms with Crippen molar-refractivity contribution >= 4 is 11.9 Å². The first kappa shape index (κ1) is 17.7. The lowest BCUT2D eigenvalue weighted by Crippen LogP contribution is -2.41. The highest BCUT2D eigenvalue weighted by Crippen LogP contribution is 2.07. The van der Waals surface area contributed by atoms with E-state index in [1.807, 2.05) is 19.1 Å². The van der Waals surface area contributed by atoms with Gasteiger partial charge in [0.15, 0.2) is 6.17 Å². The lowest BCUT2D eigenvalue weighted by atomic mass is 10.1. The summed E-state index contributed by atoms with van der Waals surface area (Å²) in [6, 6.07) is 6.30. The van der Waals surface area contributed by atoms with E-state index in [9.17, 15) is 14.0 Å². The Hall–Kier alpha value is -2.35. The molecule has 0 bridgehead atoms. The highest BCUT2D eigenvalue weighted by Gasteiger charge is 2.24. The Morgan fingerprint density at radius 2 is 1.95 bits per heavy atom. The van der Waals surface area contributed by atoms with Gasteiger partial charge < -0.3 is 10.1 Å². The number of hydrogen-bond acceptors (Lipinski definition) is 3. The molecule has 0 aromatic heterocycles. The van der Waals surface area contributed by atoms with Gasteiger partial charge in [0, 0.05) is 12.5 Å². The van der Waals surface area contributed by atoms with Gasteiger partial charge in [-0.2, -0.15) is 0 Å². The number of hydrogen-bond donors (Lipinski definition) is 1. The van der Waals surface area contributed by atoms with Crippen molar-refractivity contribution < 1.29 is 18.7 Å². The summed E-state index contributed by atoms with van der Waals surface area (Å²) in [5, 5.41) is 2.40. The topological polar surface area (TPSA) is 55.4 Å². The quantitative estimate of drug-likeness (QED) is 0.670. The fourth-order valence-electron chi connectivity index (χ4n) is 1.78. The summed E-state index contributed by atoms with van der Waals surface area (Å²) in [7, 11) is 0. The van der Waals surface area contributed by atoms with Gasteiger partial charge in [0.1, 0.15) is 0 Å². The normalized spacial score (nSPS) is 12.5. The van der Waals surface area contributed by atoms with Crippen LogP contribution in [0.2, 0.25) is 0 Å². The average molecular weight is 305 g/mol. The van der Waals surface area contributed by atoms with Gasteiger partial charge in [0.05, 0.1) is 19.1 Å². The van der Waals surface area contributed by atoms with Crippen molar-refractivity contribution in [2.75, 3.05) is 6.61 Å². The molecule has 5 heteroatoms. The van der Waals surface area contributed by atoms with Crippen molar-refractivity contribution in [3.05, 3.63) is 35.4 Å². The highest BCUT2D eigenvalue weighted by molar-refractivity contribution is 5.75. The predicted octanol–water partition coefficient (Wildman–Crippen LogP) is 2.14. The van der Waals surface area contributed by atoms with E-state index in [4.69, 9.17) is 4.74 Å². The van der Waals surface area contributed by atoms with Crippen LogP contribution in [0.4, 0.5) is 4.39 Å². The summed E-state index contributed by atoms with van der Waals surface area (Å²) >= 11 is 0. The molecule has 0 aliphatic carbocycles. The first-order chi connectivity index (χ1) is 10.4. The van der Waals surface area contributed by atoms with Gasteiger partial charge in [0.2, 0.25) is 5.91 Å². The number of alkyl halides is 1. The minimum Gasteiger partial charge on any atom is -0.466 e. The number of aryl methyl sites for hydroxylation is 1. The molecule has 0 fully saturated rings. The summed E-state index contributed by atoms with van der Waals surface area (Å²) in [5.41, 5.74) is 1.76. The van der Waals surface area contributed by atoms with Gasteiger partial charge >= 0.3 is 5.97 Å². The van der Waals surface area contributed by atoms with Crippen LogP contribution in [-0.2, 0) is 14.3 Å².